The van der Waals surface area contributed by atoms with Crippen molar-refractivity contribution in [3.63, 3.8) is 0 Å². The van der Waals surface area contributed by atoms with Crippen LogP contribution >= 0.6 is 23.2 Å². The quantitative estimate of drug-likeness (QED) is 0.495. The second kappa shape index (κ2) is 9.87. The molecule has 0 aliphatic carbocycles. The SMILES string of the molecule is COc1ccc(C(=O)Nc2c(Cl)cncc2Cl)c2c1OC(C)C2C(=O)NCc1ccc(F)cc1. The Hall–Kier alpha value is -3.36. The van der Waals surface area contributed by atoms with Crippen molar-refractivity contribution in [1.82, 2.24) is 10.3 Å². The van der Waals surface area contributed by atoms with Gasteiger partial charge in [-0.2, -0.15) is 0 Å². The molecular weight excluding hydrogens is 484 g/mol. The molecule has 2 unspecified atom stereocenters. The molecule has 0 spiro atoms. The fourth-order valence-electron chi connectivity index (χ4n) is 3.81. The Morgan fingerprint density at radius 3 is 2.44 bits per heavy atom. The number of benzene rings is 2. The lowest BCUT2D eigenvalue weighted by molar-refractivity contribution is -0.123. The molecule has 3 aromatic rings. The molecule has 2 amide bonds. The van der Waals surface area contributed by atoms with Crippen LogP contribution in [0.4, 0.5) is 10.1 Å². The molecule has 34 heavy (non-hydrogen) atoms. The average molecular weight is 504 g/mol. The number of amides is 2. The van der Waals surface area contributed by atoms with E-state index in [1.165, 1.54) is 31.6 Å². The van der Waals surface area contributed by atoms with Gasteiger partial charge in [-0.3, -0.25) is 14.6 Å². The maximum Gasteiger partial charge on any atom is 0.256 e. The Morgan fingerprint density at radius 2 is 1.79 bits per heavy atom. The second-order valence-corrected chi connectivity index (χ2v) is 8.45. The number of hydrogen-bond acceptors (Lipinski definition) is 5. The van der Waals surface area contributed by atoms with Crippen LogP contribution in [0.2, 0.25) is 10.0 Å². The van der Waals surface area contributed by atoms with Crippen molar-refractivity contribution < 1.29 is 23.5 Å². The number of carbonyl (C=O) groups excluding carboxylic acids is 2. The number of fused-ring (bicyclic) bond motifs is 1. The first-order valence-corrected chi connectivity index (χ1v) is 11.1. The zero-order valence-electron chi connectivity index (χ0n) is 18.2. The number of rotatable bonds is 6. The monoisotopic (exact) mass is 503 g/mol. The number of hydrogen-bond donors (Lipinski definition) is 2. The molecule has 2 N–H and O–H groups in total. The molecule has 4 rings (SSSR count). The van der Waals surface area contributed by atoms with E-state index in [4.69, 9.17) is 32.7 Å². The summed E-state index contributed by atoms with van der Waals surface area (Å²) in [7, 11) is 1.47. The van der Waals surface area contributed by atoms with Crippen molar-refractivity contribution >= 4 is 40.7 Å². The molecule has 2 heterocycles. The van der Waals surface area contributed by atoms with Crippen LogP contribution < -0.4 is 20.1 Å². The summed E-state index contributed by atoms with van der Waals surface area (Å²) in [5, 5.41) is 5.87. The summed E-state index contributed by atoms with van der Waals surface area (Å²) in [6.07, 6.45) is 2.15. The summed E-state index contributed by atoms with van der Waals surface area (Å²) in [5.41, 5.74) is 1.54. The standard InChI is InChI=1S/C24H20Cl2FN3O4/c1-12-19(24(32)29-9-13-3-5-14(27)6-4-13)20-15(7-8-18(33-2)22(20)34-12)23(31)30-21-16(25)10-28-11-17(21)26/h3-8,10-12,19H,9H2,1-2H3,(H,29,32)(H,28,30,31). The molecule has 1 aliphatic rings. The van der Waals surface area contributed by atoms with Crippen molar-refractivity contribution in [2.24, 2.45) is 0 Å². The minimum absolute atomic E-state index is 0.171. The first kappa shape index (κ1) is 23.8. The van der Waals surface area contributed by atoms with Crippen LogP contribution in [-0.4, -0.2) is 30.0 Å². The van der Waals surface area contributed by atoms with Gasteiger partial charge in [0, 0.05) is 30.1 Å². The largest absolute Gasteiger partial charge is 0.493 e. The molecule has 0 fully saturated rings. The van der Waals surface area contributed by atoms with Crippen molar-refractivity contribution in [1.29, 1.82) is 0 Å². The number of nitrogens with zero attached hydrogens (tertiary/aromatic N) is 1. The number of anilines is 1. The van der Waals surface area contributed by atoms with E-state index < -0.39 is 17.9 Å². The molecule has 2 aromatic carbocycles. The summed E-state index contributed by atoms with van der Waals surface area (Å²) < 4.78 is 24.5. The van der Waals surface area contributed by atoms with Gasteiger partial charge in [0.25, 0.3) is 5.91 Å². The molecular formula is C24H20Cl2FN3O4. The van der Waals surface area contributed by atoms with E-state index in [9.17, 15) is 14.0 Å². The van der Waals surface area contributed by atoms with Crippen LogP contribution in [0.5, 0.6) is 11.5 Å². The maximum atomic E-state index is 13.3. The Kier molecular flexibility index (Phi) is 6.90. The number of nitrogens with one attached hydrogen (secondary N) is 2. The highest BCUT2D eigenvalue weighted by Gasteiger charge is 2.41. The number of halogens is 3. The van der Waals surface area contributed by atoms with Gasteiger partial charge in [0.2, 0.25) is 5.91 Å². The van der Waals surface area contributed by atoms with Crippen molar-refractivity contribution in [3.8, 4) is 11.5 Å². The van der Waals surface area contributed by atoms with E-state index >= 15 is 0 Å². The minimum atomic E-state index is -0.797. The van der Waals surface area contributed by atoms with E-state index in [0.29, 0.717) is 17.1 Å². The van der Waals surface area contributed by atoms with Crippen LogP contribution in [0.25, 0.3) is 0 Å². The Bertz CT molecular complexity index is 1230. The van der Waals surface area contributed by atoms with Crippen LogP contribution in [-0.2, 0) is 11.3 Å². The lowest BCUT2D eigenvalue weighted by Crippen LogP contribution is -2.34. The fraction of sp³-hybridized carbons (Fsp3) is 0.208. The molecule has 1 aliphatic heterocycles. The van der Waals surface area contributed by atoms with E-state index in [1.54, 1.807) is 31.2 Å². The maximum absolute atomic E-state index is 13.3. The van der Waals surface area contributed by atoms with Gasteiger partial charge in [-0.15, -0.1) is 0 Å². The summed E-state index contributed by atoms with van der Waals surface area (Å²) in [5.74, 6) is -1.32. The Labute approximate surface area is 205 Å². The van der Waals surface area contributed by atoms with Gasteiger partial charge >= 0.3 is 0 Å². The third-order valence-electron chi connectivity index (χ3n) is 5.46. The number of ether oxygens (including phenoxy) is 2. The first-order valence-electron chi connectivity index (χ1n) is 10.3. The number of pyridine rings is 1. The molecule has 176 valence electrons. The highest BCUT2D eigenvalue weighted by molar-refractivity contribution is 6.39. The van der Waals surface area contributed by atoms with E-state index in [0.717, 1.165) is 5.56 Å². The van der Waals surface area contributed by atoms with Crippen LogP contribution in [0.1, 0.15) is 34.3 Å². The summed E-state index contributed by atoms with van der Waals surface area (Å²) in [6, 6.07) is 8.96. The van der Waals surface area contributed by atoms with Gasteiger partial charge < -0.3 is 20.1 Å². The predicted octanol–water partition coefficient (Wildman–Crippen LogP) is 4.97. The molecule has 0 bridgehead atoms. The molecule has 2 atom stereocenters. The lowest BCUT2D eigenvalue weighted by Gasteiger charge is -2.17. The first-order chi connectivity index (χ1) is 16.3. The van der Waals surface area contributed by atoms with Gasteiger partial charge in [-0.25, -0.2) is 4.39 Å². The minimum Gasteiger partial charge on any atom is -0.493 e. The van der Waals surface area contributed by atoms with Gasteiger partial charge in [0.15, 0.2) is 11.5 Å². The molecule has 0 radical (unpaired) electrons. The summed E-state index contributed by atoms with van der Waals surface area (Å²) >= 11 is 12.3. The lowest BCUT2D eigenvalue weighted by atomic mass is 9.90. The average Bonchev–Trinajstić information content (AvgIpc) is 3.17. The second-order valence-electron chi connectivity index (χ2n) is 7.64. The topological polar surface area (TPSA) is 89.6 Å². The van der Waals surface area contributed by atoms with Gasteiger partial charge in [-0.1, -0.05) is 35.3 Å². The summed E-state index contributed by atoms with van der Waals surface area (Å²) in [4.78, 5) is 30.3. The van der Waals surface area contributed by atoms with E-state index in [-0.39, 0.29) is 39.6 Å². The number of methoxy groups -OCH3 is 1. The predicted molar refractivity (Wildman–Crippen MR) is 126 cm³/mol. The smallest absolute Gasteiger partial charge is 0.256 e. The Balaban J connectivity index is 1.66. The van der Waals surface area contributed by atoms with Crippen LogP contribution in [0.3, 0.4) is 0 Å². The van der Waals surface area contributed by atoms with Gasteiger partial charge in [0.05, 0.1) is 22.8 Å². The zero-order chi connectivity index (χ0) is 24.4. The zero-order valence-corrected chi connectivity index (χ0v) is 19.7. The highest BCUT2D eigenvalue weighted by atomic mass is 35.5. The number of aromatic nitrogens is 1. The van der Waals surface area contributed by atoms with Crippen molar-refractivity contribution in [2.75, 3.05) is 12.4 Å². The Morgan fingerprint density at radius 1 is 1.12 bits per heavy atom. The molecule has 10 heteroatoms. The molecule has 0 saturated carbocycles. The summed E-state index contributed by atoms with van der Waals surface area (Å²) in [6.45, 7) is 1.92. The third-order valence-corrected chi connectivity index (χ3v) is 6.04. The fourth-order valence-corrected chi connectivity index (χ4v) is 4.27. The third kappa shape index (κ3) is 4.64. The number of carbonyl (C=O) groups is 2. The van der Waals surface area contributed by atoms with Crippen LogP contribution in [0.15, 0.2) is 48.8 Å². The van der Waals surface area contributed by atoms with Crippen LogP contribution in [0, 0.1) is 5.82 Å². The molecule has 0 saturated heterocycles. The van der Waals surface area contributed by atoms with E-state index in [2.05, 4.69) is 15.6 Å². The molecule has 7 nitrogen and oxygen atoms in total. The van der Waals surface area contributed by atoms with Crippen molar-refractivity contribution in [3.05, 3.63) is 81.3 Å². The van der Waals surface area contributed by atoms with E-state index in [1.807, 2.05) is 0 Å². The normalized spacial score (nSPS) is 16.4. The highest BCUT2D eigenvalue weighted by Crippen LogP contribution is 2.46. The molecule has 1 aromatic heterocycles. The van der Waals surface area contributed by atoms with Crippen molar-refractivity contribution in [2.45, 2.75) is 25.5 Å². The van der Waals surface area contributed by atoms with Gasteiger partial charge in [-0.05, 0) is 36.8 Å². The van der Waals surface area contributed by atoms with Gasteiger partial charge in [0.1, 0.15) is 17.8 Å².